The van der Waals surface area contributed by atoms with E-state index in [4.69, 9.17) is 16.6 Å². The molecule has 0 amide bonds. The fraction of sp³-hybridized carbons (Fsp3) is 0.235. The Morgan fingerprint density at radius 1 is 1.38 bits per heavy atom. The number of hydrogen-bond donors (Lipinski definition) is 1. The molecule has 2 heterocycles. The quantitative estimate of drug-likeness (QED) is 0.494. The van der Waals surface area contributed by atoms with Crippen LogP contribution in [0.2, 0.25) is 0 Å². The highest BCUT2D eigenvalue weighted by molar-refractivity contribution is 9.10. The lowest BCUT2D eigenvalue weighted by atomic mass is 10.2. The van der Waals surface area contributed by atoms with Crippen LogP contribution in [0.15, 0.2) is 50.4 Å². The smallest absolute Gasteiger partial charge is 0.216 e. The van der Waals surface area contributed by atoms with Crippen LogP contribution >= 0.6 is 28.1 Å². The summed E-state index contributed by atoms with van der Waals surface area (Å²) in [6.45, 7) is 2.23. The third-order valence-corrected chi connectivity index (χ3v) is 5.14. The molecule has 2 aromatic heterocycles. The van der Waals surface area contributed by atoms with Crippen LogP contribution in [0.3, 0.4) is 0 Å². The van der Waals surface area contributed by atoms with Crippen molar-refractivity contribution in [2.45, 2.75) is 19.3 Å². The van der Waals surface area contributed by atoms with Crippen LogP contribution in [-0.2, 0) is 0 Å². The van der Waals surface area contributed by atoms with E-state index in [-0.39, 0.29) is 0 Å². The number of H-pyrrole nitrogens is 1. The standard InChI is InChI=1S/C17H15BrN4OS/c1-10-8-13(10)15-7-6-11(23-15)9-19-22-16(20-21-17(22)24)12-4-2-3-5-14(12)18/h2-7,9-10,13H,8H2,1H3,(H,21,24)/b19-9-/t10-,13-/m1/s1. The summed E-state index contributed by atoms with van der Waals surface area (Å²) in [5, 5.41) is 11.5. The van der Waals surface area contributed by atoms with E-state index in [0.717, 1.165) is 15.8 Å². The minimum Gasteiger partial charge on any atom is -0.460 e. The van der Waals surface area contributed by atoms with E-state index < -0.39 is 0 Å². The Balaban J connectivity index is 1.65. The minimum absolute atomic E-state index is 0.430. The van der Waals surface area contributed by atoms with E-state index in [0.29, 0.717) is 28.2 Å². The zero-order chi connectivity index (χ0) is 16.7. The molecule has 4 rings (SSSR count). The summed E-state index contributed by atoms with van der Waals surface area (Å²) in [7, 11) is 0. The van der Waals surface area contributed by atoms with Gasteiger partial charge in [0.05, 0.1) is 6.21 Å². The Morgan fingerprint density at radius 2 is 2.17 bits per heavy atom. The summed E-state index contributed by atoms with van der Waals surface area (Å²) in [6, 6.07) is 11.8. The number of furan rings is 1. The molecule has 3 aromatic rings. The first-order valence-corrected chi connectivity index (χ1v) is 8.90. The van der Waals surface area contributed by atoms with Gasteiger partial charge in [-0.3, -0.25) is 0 Å². The molecular weight excluding hydrogens is 388 g/mol. The van der Waals surface area contributed by atoms with E-state index in [2.05, 4.69) is 38.2 Å². The van der Waals surface area contributed by atoms with Crippen molar-refractivity contribution in [2.75, 3.05) is 0 Å². The molecule has 1 saturated carbocycles. The molecule has 0 saturated heterocycles. The first-order chi connectivity index (χ1) is 11.6. The van der Waals surface area contributed by atoms with Gasteiger partial charge in [-0.25, -0.2) is 5.10 Å². The normalized spacial score (nSPS) is 19.9. The molecular formula is C17H15BrN4OS. The van der Waals surface area contributed by atoms with Crippen LogP contribution in [0.25, 0.3) is 11.4 Å². The van der Waals surface area contributed by atoms with Crippen LogP contribution in [0.5, 0.6) is 0 Å². The van der Waals surface area contributed by atoms with Gasteiger partial charge in [-0.15, -0.1) is 0 Å². The summed E-state index contributed by atoms with van der Waals surface area (Å²) in [5.41, 5.74) is 0.911. The fourth-order valence-corrected chi connectivity index (χ4v) is 3.33. The molecule has 0 unspecified atom stereocenters. The van der Waals surface area contributed by atoms with Crippen molar-refractivity contribution < 1.29 is 4.42 Å². The molecule has 0 spiro atoms. The lowest BCUT2D eigenvalue weighted by Gasteiger charge is -2.02. The highest BCUT2D eigenvalue weighted by Crippen LogP contribution is 2.47. The molecule has 2 atom stereocenters. The number of hydrogen-bond acceptors (Lipinski definition) is 4. The van der Waals surface area contributed by atoms with Gasteiger partial charge in [-0.05, 0) is 48.8 Å². The molecule has 122 valence electrons. The summed E-state index contributed by atoms with van der Waals surface area (Å²) >= 11 is 8.82. The molecule has 1 aliphatic rings. The summed E-state index contributed by atoms with van der Waals surface area (Å²) < 4.78 is 8.80. The van der Waals surface area contributed by atoms with Crippen LogP contribution < -0.4 is 0 Å². The van der Waals surface area contributed by atoms with Gasteiger partial charge in [-0.2, -0.15) is 14.9 Å². The number of nitrogens with one attached hydrogen (secondary N) is 1. The number of halogens is 1. The van der Waals surface area contributed by atoms with Gasteiger partial charge in [0.1, 0.15) is 11.5 Å². The van der Waals surface area contributed by atoms with Gasteiger partial charge < -0.3 is 4.42 Å². The van der Waals surface area contributed by atoms with Gasteiger partial charge in [0.25, 0.3) is 0 Å². The Labute approximate surface area is 152 Å². The molecule has 7 heteroatoms. The molecule has 1 aromatic carbocycles. The molecule has 1 aliphatic carbocycles. The highest BCUT2D eigenvalue weighted by Gasteiger charge is 2.36. The molecule has 0 aliphatic heterocycles. The van der Waals surface area contributed by atoms with Crippen molar-refractivity contribution in [1.82, 2.24) is 14.9 Å². The monoisotopic (exact) mass is 402 g/mol. The Bertz CT molecular complexity index is 971. The maximum absolute atomic E-state index is 5.85. The lowest BCUT2D eigenvalue weighted by molar-refractivity contribution is 0.500. The number of benzene rings is 1. The maximum atomic E-state index is 5.85. The second-order valence-corrected chi connectivity index (χ2v) is 7.19. The Kier molecular flexibility index (Phi) is 3.97. The van der Waals surface area contributed by atoms with Crippen LogP contribution in [-0.4, -0.2) is 21.1 Å². The molecule has 1 fully saturated rings. The first kappa shape index (κ1) is 15.5. The second kappa shape index (κ2) is 6.14. The molecule has 0 radical (unpaired) electrons. The zero-order valence-electron chi connectivity index (χ0n) is 12.9. The molecule has 5 nitrogen and oxygen atoms in total. The third-order valence-electron chi connectivity index (χ3n) is 4.19. The van der Waals surface area contributed by atoms with Crippen molar-refractivity contribution in [1.29, 1.82) is 0 Å². The summed E-state index contributed by atoms with van der Waals surface area (Å²) in [5.74, 6) is 3.66. The number of aromatic amines is 1. The van der Waals surface area contributed by atoms with Gasteiger partial charge in [-0.1, -0.05) is 35.0 Å². The van der Waals surface area contributed by atoms with E-state index in [1.807, 2.05) is 36.4 Å². The van der Waals surface area contributed by atoms with Crippen molar-refractivity contribution in [3.05, 3.63) is 57.2 Å². The van der Waals surface area contributed by atoms with Gasteiger partial charge in [0.2, 0.25) is 4.77 Å². The van der Waals surface area contributed by atoms with Crippen LogP contribution in [0.4, 0.5) is 0 Å². The number of aromatic nitrogens is 3. The SMILES string of the molecule is C[C@@H]1C[C@H]1c1ccc(/C=N\n2c(-c3ccccc3Br)n[nH]c2=S)o1. The Hall–Kier alpha value is -1.99. The van der Waals surface area contributed by atoms with Gasteiger partial charge in [0, 0.05) is 16.0 Å². The molecule has 1 N–H and O–H groups in total. The number of nitrogens with zero attached hydrogens (tertiary/aromatic N) is 3. The summed E-state index contributed by atoms with van der Waals surface area (Å²) in [6.07, 6.45) is 2.87. The van der Waals surface area contributed by atoms with Crippen molar-refractivity contribution in [3.63, 3.8) is 0 Å². The average molecular weight is 403 g/mol. The first-order valence-electron chi connectivity index (χ1n) is 7.70. The average Bonchev–Trinajstić information content (AvgIpc) is 2.97. The third kappa shape index (κ3) is 2.89. The predicted octanol–water partition coefficient (Wildman–Crippen LogP) is 4.97. The topological polar surface area (TPSA) is 59.1 Å². The van der Waals surface area contributed by atoms with Crippen molar-refractivity contribution in [2.24, 2.45) is 11.0 Å². The Morgan fingerprint density at radius 3 is 2.92 bits per heavy atom. The summed E-state index contributed by atoms with van der Waals surface area (Å²) in [4.78, 5) is 0. The van der Waals surface area contributed by atoms with Crippen molar-refractivity contribution in [3.8, 4) is 11.4 Å². The van der Waals surface area contributed by atoms with Gasteiger partial charge >= 0.3 is 0 Å². The van der Waals surface area contributed by atoms with E-state index in [1.165, 1.54) is 6.42 Å². The van der Waals surface area contributed by atoms with E-state index in [9.17, 15) is 0 Å². The highest BCUT2D eigenvalue weighted by atomic mass is 79.9. The van der Waals surface area contributed by atoms with Crippen LogP contribution in [0, 0.1) is 10.7 Å². The minimum atomic E-state index is 0.430. The second-order valence-electron chi connectivity index (χ2n) is 5.95. The largest absolute Gasteiger partial charge is 0.460 e. The van der Waals surface area contributed by atoms with Crippen molar-refractivity contribution >= 4 is 34.4 Å². The molecule has 24 heavy (non-hydrogen) atoms. The number of rotatable bonds is 4. The van der Waals surface area contributed by atoms with E-state index >= 15 is 0 Å². The molecule has 0 bridgehead atoms. The predicted molar refractivity (Wildman–Crippen MR) is 98.8 cm³/mol. The van der Waals surface area contributed by atoms with Gasteiger partial charge in [0.15, 0.2) is 5.82 Å². The maximum Gasteiger partial charge on any atom is 0.216 e. The van der Waals surface area contributed by atoms with E-state index in [1.54, 1.807) is 10.9 Å². The fourth-order valence-electron chi connectivity index (χ4n) is 2.69. The lowest BCUT2D eigenvalue weighted by Crippen LogP contribution is -1.95. The van der Waals surface area contributed by atoms with Crippen LogP contribution in [0.1, 0.15) is 30.8 Å². The zero-order valence-corrected chi connectivity index (χ0v) is 15.3.